The molecule has 0 spiro atoms. The molecule has 114 valence electrons. The van der Waals surface area contributed by atoms with Crippen LogP contribution in [0.2, 0.25) is 0 Å². The average Bonchev–Trinajstić information content (AvgIpc) is 2.37. The van der Waals surface area contributed by atoms with Gasteiger partial charge in [-0.15, -0.1) is 0 Å². The van der Waals surface area contributed by atoms with Crippen LogP contribution in [-0.4, -0.2) is 43.6 Å². The number of rotatable bonds is 7. The molecule has 0 aromatic carbocycles. The molecule has 2 unspecified atom stereocenters. The van der Waals surface area contributed by atoms with Crippen molar-refractivity contribution in [3.63, 3.8) is 0 Å². The van der Waals surface area contributed by atoms with E-state index in [1.165, 1.54) is 4.31 Å². The molecule has 5 nitrogen and oxygen atoms in total. The van der Waals surface area contributed by atoms with Crippen molar-refractivity contribution in [2.24, 2.45) is 11.8 Å². The molecule has 0 amide bonds. The van der Waals surface area contributed by atoms with Crippen LogP contribution in [-0.2, 0) is 10.2 Å². The van der Waals surface area contributed by atoms with Gasteiger partial charge in [0, 0.05) is 25.7 Å². The Bertz CT molecular complexity index is 351. The van der Waals surface area contributed by atoms with Crippen molar-refractivity contribution >= 4 is 10.2 Å². The highest BCUT2D eigenvalue weighted by Crippen LogP contribution is 2.19. The third kappa shape index (κ3) is 5.38. The summed E-state index contributed by atoms with van der Waals surface area (Å²) in [5.74, 6) is 0.779. The second-order valence-electron chi connectivity index (χ2n) is 5.80. The van der Waals surface area contributed by atoms with E-state index in [2.05, 4.69) is 18.6 Å². The lowest BCUT2D eigenvalue weighted by Crippen LogP contribution is -2.48. The van der Waals surface area contributed by atoms with Crippen molar-refractivity contribution in [1.82, 2.24) is 9.03 Å². The molecule has 0 aromatic heterocycles. The minimum atomic E-state index is -3.37. The second kappa shape index (κ2) is 7.57. The van der Waals surface area contributed by atoms with Crippen LogP contribution in [0.15, 0.2) is 0 Å². The standard InChI is InChI=1S/C13H28N2O3S/c1-4-11(2)9-12(3)14-19(17,18)15-7-5-13(10-16)6-8-15/h11-14,16H,4-10H2,1-3H3. The van der Waals surface area contributed by atoms with Crippen LogP contribution in [0.3, 0.4) is 0 Å². The summed E-state index contributed by atoms with van der Waals surface area (Å²) in [6.07, 6.45) is 3.42. The van der Waals surface area contributed by atoms with Gasteiger partial charge in [-0.25, -0.2) is 0 Å². The molecule has 1 aliphatic heterocycles. The van der Waals surface area contributed by atoms with Crippen LogP contribution in [0.4, 0.5) is 0 Å². The zero-order valence-electron chi connectivity index (χ0n) is 12.3. The van der Waals surface area contributed by atoms with Gasteiger partial charge in [0.15, 0.2) is 0 Å². The molecule has 2 atom stereocenters. The Hall–Kier alpha value is -0.170. The molecule has 1 aliphatic rings. The number of hydrogen-bond acceptors (Lipinski definition) is 3. The lowest BCUT2D eigenvalue weighted by molar-refractivity contribution is 0.169. The first-order valence-corrected chi connectivity index (χ1v) is 8.71. The normalized spacial score (nSPS) is 22.3. The number of aliphatic hydroxyl groups is 1. The molecule has 6 heteroatoms. The highest BCUT2D eigenvalue weighted by Gasteiger charge is 2.28. The summed E-state index contributed by atoms with van der Waals surface area (Å²) < 4.78 is 28.7. The van der Waals surface area contributed by atoms with Crippen molar-refractivity contribution in [3.05, 3.63) is 0 Å². The first kappa shape index (κ1) is 16.9. The van der Waals surface area contributed by atoms with Crippen LogP contribution < -0.4 is 4.72 Å². The largest absolute Gasteiger partial charge is 0.396 e. The Morgan fingerprint density at radius 1 is 1.32 bits per heavy atom. The Labute approximate surface area is 117 Å². The molecule has 19 heavy (non-hydrogen) atoms. The third-order valence-corrected chi connectivity index (χ3v) is 5.72. The van der Waals surface area contributed by atoms with E-state index in [0.717, 1.165) is 25.7 Å². The Kier molecular flexibility index (Phi) is 6.73. The zero-order valence-corrected chi connectivity index (χ0v) is 13.1. The van der Waals surface area contributed by atoms with Gasteiger partial charge in [-0.05, 0) is 38.0 Å². The Morgan fingerprint density at radius 2 is 1.89 bits per heavy atom. The Balaban J connectivity index is 2.47. The van der Waals surface area contributed by atoms with Crippen molar-refractivity contribution in [2.45, 2.75) is 52.5 Å². The van der Waals surface area contributed by atoms with Gasteiger partial charge in [0.1, 0.15) is 0 Å². The second-order valence-corrected chi connectivity index (χ2v) is 7.50. The maximum Gasteiger partial charge on any atom is 0.279 e. The fraction of sp³-hybridized carbons (Fsp3) is 1.00. The highest BCUT2D eigenvalue weighted by molar-refractivity contribution is 7.87. The van der Waals surface area contributed by atoms with E-state index in [0.29, 0.717) is 19.0 Å². The predicted octanol–water partition coefficient (Wildman–Crippen LogP) is 1.35. The quantitative estimate of drug-likeness (QED) is 0.744. The Morgan fingerprint density at radius 3 is 2.37 bits per heavy atom. The fourth-order valence-electron chi connectivity index (χ4n) is 2.48. The molecule has 1 fully saturated rings. The zero-order chi connectivity index (χ0) is 14.5. The van der Waals surface area contributed by atoms with E-state index in [4.69, 9.17) is 5.11 Å². The SMILES string of the molecule is CCC(C)CC(C)NS(=O)(=O)N1CCC(CO)CC1. The number of nitrogens with zero attached hydrogens (tertiary/aromatic N) is 1. The van der Waals surface area contributed by atoms with Crippen LogP contribution >= 0.6 is 0 Å². The molecule has 1 saturated heterocycles. The summed E-state index contributed by atoms with van der Waals surface area (Å²) in [5.41, 5.74) is 0. The van der Waals surface area contributed by atoms with Gasteiger partial charge in [0.2, 0.25) is 0 Å². The van der Waals surface area contributed by atoms with Gasteiger partial charge in [0.05, 0.1) is 0 Å². The minimum absolute atomic E-state index is 0.0319. The van der Waals surface area contributed by atoms with Crippen LogP contribution in [0, 0.1) is 11.8 Å². The first-order valence-electron chi connectivity index (χ1n) is 7.27. The topological polar surface area (TPSA) is 69.6 Å². The summed E-state index contributed by atoms with van der Waals surface area (Å²) in [6, 6.07) is -0.0319. The van der Waals surface area contributed by atoms with Crippen molar-refractivity contribution in [2.75, 3.05) is 19.7 Å². The van der Waals surface area contributed by atoms with E-state index in [-0.39, 0.29) is 18.6 Å². The van der Waals surface area contributed by atoms with Crippen molar-refractivity contribution < 1.29 is 13.5 Å². The summed E-state index contributed by atoms with van der Waals surface area (Å²) in [6.45, 7) is 7.35. The molecule has 0 radical (unpaired) electrons. The molecule has 1 heterocycles. The van der Waals surface area contributed by atoms with E-state index in [9.17, 15) is 8.42 Å². The molecule has 2 N–H and O–H groups in total. The van der Waals surface area contributed by atoms with Gasteiger partial charge >= 0.3 is 0 Å². The molecule has 0 aromatic rings. The number of nitrogens with one attached hydrogen (secondary N) is 1. The molecule has 1 rings (SSSR count). The molecular weight excluding hydrogens is 264 g/mol. The highest BCUT2D eigenvalue weighted by atomic mass is 32.2. The lowest BCUT2D eigenvalue weighted by atomic mass is 10.00. The smallest absolute Gasteiger partial charge is 0.279 e. The van der Waals surface area contributed by atoms with E-state index < -0.39 is 10.2 Å². The first-order chi connectivity index (χ1) is 8.89. The average molecular weight is 292 g/mol. The number of aliphatic hydroxyl groups excluding tert-OH is 1. The van der Waals surface area contributed by atoms with E-state index in [1.807, 2.05) is 6.92 Å². The van der Waals surface area contributed by atoms with Crippen LogP contribution in [0.25, 0.3) is 0 Å². The van der Waals surface area contributed by atoms with Crippen molar-refractivity contribution in [3.8, 4) is 0 Å². The van der Waals surface area contributed by atoms with Gasteiger partial charge in [-0.1, -0.05) is 20.3 Å². The van der Waals surface area contributed by atoms with Gasteiger partial charge in [-0.3, -0.25) is 0 Å². The van der Waals surface area contributed by atoms with E-state index in [1.54, 1.807) is 0 Å². The summed E-state index contributed by atoms with van der Waals surface area (Å²) in [5, 5.41) is 9.07. The van der Waals surface area contributed by atoms with E-state index >= 15 is 0 Å². The summed E-state index contributed by atoms with van der Waals surface area (Å²) in [7, 11) is -3.37. The third-order valence-electron chi connectivity index (χ3n) is 3.97. The van der Waals surface area contributed by atoms with Crippen LogP contribution in [0.5, 0.6) is 0 Å². The molecule has 0 saturated carbocycles. The lowest BCUT2D eigenvalue weighted by Gasteiger charge is -2.31. The monoisotopic (exact) mass is 292 g/mol. The summed E-state index contributed by atoms with van der Waals surface area (Å²) >= 11 is 0. The molecule has 0 bridgehead atoms. The van der Waals surface area contributed by atoms with Gasteiger partial charge in [-0.2, -0.15) is 17.4 Å². The fourth-order valence-corrected chi connectivity index (χ4v) is 3.92. The maximum atomic E-state index is 12.2. The van der Waals surface area contributed by atoms with Crippen molar-refractivity contribution in [1.29, 1.82) is 0 Å². The summed E-state index contributed by atoms with van der Waals surface area (Å²) in [4.78, 5) is 0. The van der Waals surface area contributed by atoms with Gasteiger partial charge in [0.25, 0.3) is 10.2 Å². The number of piperidine rings is 1. The molecular formula is C13H28N2O3S. The predicted molar refractivity (Wildman–Crippen MR) is 77.0 cm³/mol. The van der Waals surface area contributed by atoms with Crippen LogP contribution in [0.1, 0.15) is 46.5 Å². The minimum Gasteiger partial charge on any atom is -0.396 e. The molecule has 0 aliphatic carbocycles. The van der Waals surface area contributed by atoms with Gasteiger partial charge < -0.3 is 5.11 Å². The maximum absolute atomic E-state index is 12.2. The number of hydrogen-bond donors (Lipinski definition) is 2.